The number of nitrogen functional groups attached to an aromatic ring is 1. The van der Waals surface area contributed by atoms with E-state index >= 15 is 0 Å². The van der Waals surface area contributed by atoms with Gasteiger partial charge in [-0.15, -0.1) is 0 Å². The van der Waals surface area contributed by atoms with Crippen LogP contribution in [0.5, 0.6) is 0 Å². The molecule has 0 spiro atoms. The third kappa shape index (κ3) is 2.31. The van der Waals surface area contributed by atoms with Gasteiger partial charge < -0.3 is 10.6 Å². The van der Waals surface area contributed by atoms with Gasteiger partial charge in [-0.3, -0.25) is 4.79 Å². The molecule has 0 bridgehead atoms. The molecule has 1 aromatic heterocycles. The summed E-state index contributed by atoms with van der Waals surface area (Å²) in [5.74, 6) is 2.03. The van der Waals surface area contributed by atoms with Crippen LogP contribution in [0.1, 0.15) is 42.2 Å². The van der Waals surface area contributed by atoms with Crippen molar-refractivity contribution in [2.24, 2.45) is 11.8 Å². The second-order valence-electron chi connectivity index (χ2n) is 5.79. The molecule has 19 heavy (non-hydrogen) atoms. The van der Waals surface area contributed by atoms with Gasteiger partial charge in [0.1, 0.15) is 5.82 Å². The van der Waals surface area contributed by atoms with E-state index in [4.69, 9.17) is 5.73 Å². The van der Waals surface area contributed by atoms with Gasteiger partial charge in [0.05, 0.1) is 0 Å². The highest BCUT2D eigenvalue weighted by atomic mass is 16.2. The molecule has 4 nitrogen and oxygen atoms in total. The third-order valence-electron chi connectivity index (χ3n) is 4.52. The van der Waals surface area contributed by atoms with Crippen LogP contribution >= 0.6 is 0 Å². The topological polar surface area (TPSA) is 59.2 Å². The minimum atomic E-state index is 0.123. The highest BCUT2D eigenvalue weighted by Crippen LogP contribution is 2.38. The van der Waals surface area contributed by atoms with Crippen molar-refractivity contribution >= 4 is 11.7 Å². The predicted octanol–water partition coefficient (Wildman–Crippen LogP) is 2.10. The van der Waals surface area contributed by atoms with Crippen LogP contribution in [0, 0.1) is 11.8 Å². The molecule has 2 N–H and O–H groups in total. The largest absolute Gasteiger partial charge is 0.384 e. The van der Waals surface area contributed by atoms with Crippen molar-refractivity contribution in [3.63, 3.8) is 0 Å². The van der Waals surface area contributed by atoms with Crippen molar-refractivity contribution in [1.29, 1.82) is 0 Å². The van der Waals surface area contributed by atoms with Gasteiger partial charge in [-0.1, -0.05) is 13.3 Å². The summed E-state index contributed by atoms with van der Waals surface area (Å²) >= 11 is 0. The monoisotopic (exact) mass is 259 g/mol. The number of pyridine rings is 1. The first kappa shape index (κ1) is 12.5. The average Bonchev–Trinajstić information content (AvgIpc) is 2.97. The smallest absolute Gasteiger partial charge is 0.254 e. The maximum absolute atomic E-state index is 12.5. The summed E-state index contributed by atoms with van der Waals surface area (Å²) in [6.07, 6.45) is 4.70. The zero-order chi connectivity index (χ0) is 13.4. The molecule has 2 aliphatic rings. The zero-order valence-corrected chi connectivity index (χ0v) is 11.4. The van der Waals surface area contributed by atoms with Crippen molar-refractivity contribution in [3.8, 4) is 0 Å². The van der Waals surface area contributed by atoms with E-state index in [0.29, 0.717) is 11.4 Å². The molecular formula is C15H21N3O. The number of nitrogens with two attached hydrogens (primary N) is 1. The van der Waals surface area contributed by atoms with Gasteiger partial charge in [0.25, 0.3) is 5.91 Å². The van der Waals surface area contributed by atoms with Crippen molar-refractivity contribution < 1.29 is 4.79 Å². The Morgan fingerprint density at radius 3 is 2.68 bits per heavy atom. The second kappa shape index (κ2) is 4.83. The number of amides is 1. The molecule has 1 aliphatic carbocycles. The maximum atomic E-state index is 12.5. The lowest BCUT2D eigenvalue weighted by atomic mass is 10.0. The Morgan fingerprint density at radius 1 is 1.37 bits per heavy atom. The number of hydrogen-bond donors (Lipinski definition) is 1. The molecule has 1 aliphatic heterocycles. The van der Waals surface area contributed by atoms with Crippen LogP contribution in [0.25, 0.3) is 0 Å². The summed E-state index contributed by atoms with van der Waals surface area (Å²) in [4.78, 5) is 18.8. The number of fused-ring (bicyclic) bond motifs is 1. The number of rotatable bonds is 2. The van der Waals surface area contributed by atoms with Gasteiger partial charge in [0, 0.05) is 24.3 Å². The minimum Gasteiger partial charge on any atom is -0.384 e. The van der Waals surface area contributed by atoms with E-state index in [9.17, 15) is 4.79 Å². The van der Waals surface area contributed by atoms with Gasteiger partial charge in [-0.05, 0) is 43.2 Å². The lowest BCUT2D eigenvalue weighted by Gasteiger charge is -2.18. The number of hydrogen-bond acceptors (Lipinski definition) is 3. The zero-order valence-electron chi connectivity index (χ0n) is 11.4. The summed E-state index contributed by atoms with van der Waals surface area (Å²) in [6.45, 7) is 3.87. The van der Waals surface area contributed by atoms with Crippen LogP contribution in [0.4, 0.5) is 5.82 Å². The maximum Gasteiger partial charge on any atom is 0.254 e. The fraction of sp³-hybridized carbons (Fsp3) is 0.600. The number of carbonyl (C=O) groups excluding carboxylic acids is 1. The minimum absolute atomic E-state index is 0.123. The number of anilines is 1. The van der Waals surface area contributed by atoms with Crippen molar-refractivity contribution in [1.82, 2.24) is 9.88 Å². The first-order valence-electron chi connectivity index (χ1n) is 7.23. The lowest BCUT2D eigenvalue weighted by Crippen LogP contribution is -2.29. The molecule has 2 atom stereocenters. The molecule has 1 aromatic rings. The molecule has 102 valence electrons. The summed E-state index contributed by atoms with van der Waals surface area (Å²) in [6, 6.07) is 3.59. The number of aromatic nitrogens is 1. The fourth-order valence-electron chi connectivity index (χ4n) is 3.50. The SMILES string of the molecule is CCc1cc(C(=O)N2CC3CCCC3C2)cc(N)n1. The van der Waals surface area contributed by atoms with Gasteiger partial charge in [0.15, 0.2) is 0 Å². The molecule has 1 amide bonds. The van der Waals surface area contributed by atoms with Crippen LogP contribution in [0.3, 0.4) is 0 Å². The molecule has 3 rings (SSSR count). The molecule has 2 heterocycles. The Balaban J connectivity index is 1.79. The summed E-state index contributed by atoms with van der Waals surface area (Å²) in [5, 5.41) is 0. The van der Waals surface area contributed by atoms with Crippen molar-refractivity contribution in [2.75, 3.05) is 18.8 Å². The van der Waals surface area contributed by atoms with Crippen LogP contribution in [0.15, 0.2) is 12.1 Å². The number of nitrogens with zero attached hydrogens (tertiary/aromatic N) is 2. The van der Waals surface area contributed by atoms with E-state index in [0.717, 1.165) is 37.0 Å². The Bertz CT molecular complexity index is 488. The first-order chi connectivity index (χ1) is 9.17. The average molecular weight is 259 g/mol. The second-order valence-corrected chi connectivity index (χ2v) is 5.79. The van der Waals surface area contributed by atoms with Crippen molar-refractivity contribution in [2.45, 2.75) is 32.6 Å². The quantitative estimate of drug-likeness (QED) is 0.884. The standard InChI is InChI=1S/C15H21N3O/c1-2-13-6-12(7-14(16)17-13)15(19)18-8-10-4-3-5-11(10)9-18/h6-7,10-11H,2-5,8-9H2,1H3,(H2,16,17). The summed E-state index contributed by atoms with van der Waals surface area (Å²) in [5.41, 5.74) is 7.37. The van der Waals surface area contributed by atoms with E-state index in [1.54, 1.807) is 6.07 Å². The number of carbonyl (C=O) groups is 1. The van der Waals surface area contributed by atoms with Crippen LogP contribution < -0.4 is 5.73 Å². The van der Waals surface area contributed by atoms with Gasteiger partial charge in [-0.2, -0.15) is 0 Å². The van der Waals surface area contributed by atoms with Crippen LogP contribution in [-0.2, 0) is 6.42 Å². The number of aryl methyl sites for hydroxylation is 1. The molecule has 4 heteroatoms. The van der Waals surface area contributed by atoms with E-state index in [-0.39, 0.29) is 5.91 Å². The Hall–Kier alpha value is -1.58. The van der Waals surface area contributed by atoms with E-state index in [1.165, 1.54) is 19.3 Å². The normalized spacial score (nSPS) is 25.6. The van der Waals surface area contributed by atoms with Gasteiger partial charge >= 0.3 is 0 Å². The van der Waals surface area contributed by atoms with Crippen molar-refractivity contribution in [3.05, 3.63) is 23.4 Å². The van der Waals surface area contributed by atoms with Crippen LogP contribution in [0.2, 0.25) is 0 Å². The molecule has 0 aromatic carbocycles. The summed E-state index contributed by atoms with van der Waals surface area (Å²) in [7, 11) is 0. The molecule has 2 fully saturated rings. The van der Waals surface area contributed by atoms with Gasteiger partial charge in [-0.25, -0.2) is 4.98 Å². The fourth-order valence-corrected chi connectivity index (χ4v) is 3.50. The van der Waals surface area contributed by atoms with E-state index in [1.807, 2.05) is 17.9 Å². The lowest BCUT2D eigenvalue weighted by molar-refractivity contribution is 0.0780. The molecule has 0 radical (unpaired) electrons. The van der Waals surface area contributed by atoms with E-state index < -0.39 is 0 Å². The van der Waals surface area contributed by atoms with E-state index in [2.05, 4.69) is 4.98 Å². The number of likely N-dealkylation sites (tertiary alicyclic amines) is 1. The Kier molecular flexibility index (Phi) is 3.17. The molecular weight excluding hydrogens is 238 g/mol. The predicted molar refractivity (Wildman–Crippen MR) is 74.8 cm³/mol. The highest BCUT2D eigenvalue weighted by Gasteiger charge is 2.38. The highest BCUT2D eigenvalue weighted by molar-refractivity contribution is 5.95. The molecule has 1 saturated carbocycles. The molecule has 2 unspecified atom stereocenters. The van der Waals surface area contributed by atoms with Gasteiger partial charge in [0.2, 0.25) is 0 Å². The first-order valence-corrected chi connectivity index (χ1v) is 7.23. The third-order valence-corrected chi connectivity index (χ3v) is 4.52. The Labute approximate surface area is 114 Å². The van der Waals surface area contributed by atoms with Crippen LogP contribution in [-0.4, -0.2) is 28.9 Å². The summed E-state index contributed by atoms with van der Waals surface area (Å²) < 4.78 is 0. The molecule has 1 saturated heterocycles. The Morgan fingerprint density at radius 2 is 2.05 bits per heavy atom.